The Morgan fingerprint density at radius 3 is 2.25 bits per heavy atom. The summed E-state index contributed by atoms with van der Waals surface area (Å²) < 4.78 is 1.74. The lowest BCUT2D eigenvalue weighted by atomic mass is 10.1. The van der Waals surface area contributed by atoms with Crippen molar-refractivity contribution in [3.05, 3.63) is 93.7 Å². The van der Waals surface area contributed by atoms with E-state index in [9.17, 15) is 5.11 Å². The van der Waals surface area contributed by atoms with E-state index in [0.29, 0.717) is 26.3 Å². The number of aliphatic hydroxyl groups excluding tert-OH is 1. The van der Waals surface area contributed by atoms with Crippen molar-refractivity contribution in [2.45, 2.75) is 13.8 Å². The average Bonchev–Trinajstić information content (AvgIpc) is 2.63. The third kappa shape index (κ3) is 4.71. The molecule has 0 bridgehead atoms. The lowest BCUT2D eigenvalue weighted by Gasteiger charge is -2.12. The van der Waals surface area contributed by atoms with Crippen LogP contribution < -0.4 is 9.88 Å². The molecule has 3 rings (SSSR count). The van der Waals surface area contributed by atoms with E-state index in [1.807, 2.05) is 44.2 Å². The number of pyridine rings is 1. The summed E-state index contributed by atoms with van der Waals surface area (Å²) in [7, 11) is 0. The molecule has 0 spiro atoms. The number of nitrogens with zero attached hydrogens (tertiary/aromatic N) is 1. The first-order chi connectivity index (χ1) is 13.3. The third-order valence-corrected chi connectivity index (χ3v) is 4.94. The Kier molecular flexibility index (Phi) is 6.35. The van der Waals surface area contributed by atoms with Crippen molar-refractivity contribution in [2.24, 2.45) is 0 Å². The number of thiocarbonyl (C=S) groups is 1. The van der Waals surface area contributed by atoms with E-state index in [2.05, 4.69) is 11.4 Å². The number of aryl methyl sites for hydroxylation is 2. The van der Waals surface area contributed by atoms with E-state index in [1.54, 1.807) is 35.2 Å². The molecule has 3 aromatic rings. The second kappa shape index (κ2) is 8.74. The molecule has 2 aromatic carbocycles. The van der Waals surface area contributed by atoms with Gasteiger partial charge in [-0.2, -0.15) is 4.57 Å². The molecule has 0 unspecified atom stereocenters. The minimum Gasteiger partial charge on any atom is -0.502 e. The van der Waals surface area contributed by atoms with Crippen LogP contribution in [0.15, 0.2) is 67.0 Å². The summed E-state index contributed by atoms with van der Waals surface area (Å²) in [6, 6.07) is 16.6. The first-order valence-corrected chi connectivity index (χ1v) is 9.76. The van der Waals surface area contributed by atoms with Gasteiger partial charge in [-0.1, -0.05) is 47.6 Å². The summed E-state index contributed by atoms with van der Waals surface area (Å²) in [5.41, 5.74) is 3.89. The molecule has 1 heterocycles. The van der Waals surface area contributed by atoms with Crippen LogP contribution >= 0.6 is 35.4 Å². The molecule has 3 nitrogen and oxygen atoms in total. The Morgan fingerprint density at radius 1 is 0.964 bits per heavy atom. The van der Waals surface area contributed by atoms with Crippen LogP contribution in [0.3, 0.4) is 0 Å². The van der Waals surface area contributed by atoms with Crippen molar-refractivity contribution >= 4 is 57.6 Å². The van der Waals surface area contributed by atoms with E-state index in [-0.39, 0.29) is 5.76 Å². The highest BCUT2D eigenvalue weighted by atomic mass is 35.5. The Balaban J connectivity index is 2.12. The highest BCUT2D eigenvalue weighted by molar-refractivity contribution is 7.81. The molecule has 0 radical (unpaired) electrons. The molecule has 2 N–H and O–H groups in total. The largest absolute Gasteiger partial charge is 0.502 e. The zero-order valence-corrected chi connectivity index (χ0v) is 17.7. The van der Waals surface area contributed by atoms with Crippen molar-refractivity contribution < 1.29 is 9.67 Å². The molecule has 6 heteroatoms. The molecule has 0 amide bonds. The van der Waals surface area contributed by atoms with E-state index in [0.717, 1.165) is 16.8 Å². The predicted octanol–water partition coefficient (Wildman–Crippen LogP) is 6.22. The Morgan fingerprint density at radius 2 is 1.61 bits per heavy atom. The standard InChI is InChI=1S/C22H18Cl2N2OS/c1-14-10-15(2)12-17(11-14)25-22(28)20(26-8-4-3-5-9-26)21(27)18-13-16(23)6-7-19(18)24/h3-13H,1-2H3,(H-,25,27,28)/p+1. The highest BCUT2D eigenvalue weighted by Crippen LogP contribution is 2.28. The van der Waals surface area contributed by atoms with Gasteiger partial charge >= 0.3 is 0 Å². The van der Waals surface area contributed by atoms with Gasteiger partial charge in [-0.25, -0.2) is 0 Å². The van der Waals surface area contributed by atoms with E-state index < -0.39 is 0 Å². The Bertz CT molecular complexity index is 1050. The van der Waals surface area contributed by atoms with Crippen molar-refractivity contribution in [1.82, 2.24) is 0 Å². The van der Waals surface area contributed by atoms with Gasteiger partial charge in [0.2, 0.25) is 5.76 Å². The van der Waals surface area contributed by atoms with Crippen LogP contribution in [0.2, 0.25) is 10.0 Å². The fraction of sp³-hybridized carbons (Fsp3) is 0.0909. The van der Waals surface area contributed by atoms with Crippen LogP contribution in [-0.4, -0.2) is 10.1 Å². The number of nitrogens with one attached hydrogen (secondary N) is 1. The maximum absolute atomic E-state index is 11.1. The van der Waals surface area contributed by atoms with E-state index >= 15 is 0 Å². The normalized spacial score (nSPS) is 11.7. The Hall–Kier alpha value is -2.40. The first-order valence-electron chi connectivity index (χ1n) is 8.60. The number of hydrogen-bond acceptors (Lipinski definition) is 2. The van der Waals surface area contributed by atoms with Crippen molar-refractivity contribution in [1.29, 1.82) is 0 Å². The van der Waals surface area contributed by atoms with Gasteiger partial charge in [0.1, 0.15) is 0 Å². The number of aliphatic hydroxyl groups is 1. The maximum atomic E-state index is 11.1. The molecular weight excluding hydrogens is 411 g/mol. The van der Waals surface area contributed by atoms with Crippen LogP contribution in [0.5, 0.6) is 0 Å². The minimum atomic E-state index is -0.0643. The summed E-state index contributed by atoms with van der Waals surface area (Å²) in [6.45, 7) is 4.04. The van der Waals surface area contributed by atoms with Crippen molar-refractivity contribution in [2.75, 3.05) is 5.32 Å². The van der Waals surface area contributed by atoms with Gasteiger partial charge in [0, 0.05) is 28.4 Å². The molecule has 28 heavy (non-hydrogen) atoms. The summed E-state index contributed by atoms with van der Waals surface area (Å²) in [5, 5.41) is 15.2. The summed E-state index contributed by atoms with van der Waals surface area (Å²) in [5.74, 6) is -0.0643. The number of anilines is 1. The van der Waals surface area contributed by atoms with Crippen molar-refractivity contribution in [3.63, 3.8) is 0 Å². The fourth-order valence-corrected chi connectivity index (χ4v) is 3.64. The fourth-order valence-electron chi connectivity index (χ4n) is 2.94. The summed E-state index contributed by atoms with van der Waals surface area (Å²) >= 11 is 18.1. The van der Waals surface area contributed by atoms with Crippen LogP contribution in [-0.2, 0) is 0 Å². The molecule has 1 aromatic heterocycles. The number of rotatable bonds is 4. The van der Waals surface area contributed by atoms with E-state index in [1.165, 1.54) is 0 Å². The SMILES string of the molecule is Cc1cc(C)cc(NC(=S)/C(=C(/O)c2cc(Cl)ccc2Cl)[n+]2ccccc2)c1. The summed E-state index contributed by atoms with van der Waals surface area (Å²) in [6.07, 6.45) is 3.61. The second-order valence-corrected chi connectivity index (χ2v) is 7.69. The zero-order chi connectivity index (χ0) is 20.3. The van der Waals surface area contributed by atoms with Crippen molar-refractivity contribution in [3.8, 4) is 0 Å². The van der Waals surface area contributed by atoms with Gasteiger partial charge in [-0.05, 0) is 55.3 Å². The molecule has 0 saturated carbocycles. The predicted molar refractivity (Wildman–Crippen MR) is 121 cm³/mol. The van der Waals surface area contributed by atoms with Gasteiger partial charge in [0.05, 0.1) is 5.02 Å². The lowest BCUT2D eigenvalue weighted by Crippen LogP contribution is -2.38. The van der Waals surface area contributed by atoms with Crippen LogP contribution in [0.4, 0.5) is 5.69 Å². The summed E-state index contributed by atoms with van der Waals surface area (Å²) in [4.78, 5) is 0.356. The van der Waals surface area contributed by atoms with Gasteiger partial charge in [-0.15, -0.1) is 0 Å². The lowest BCUT2D eigenvalue weighted by molar-refractivity contribution is -0.575. The number of halogens is 2. The Labute approximate surface area is 179 Å². The monoisotopic (exact) mass is 429 g/mol. The smallest absolute Gasteiger partial charge is 0.288 e. The first kappa shape index (κ1) is 20.3. The third-order valence-electron chi connectivity index (χ3n) is 4.08. The average molecular weight is 430 g/mol. The zero-order valence-electron chi connectivity index (χ0n) is 15.4. The van der Waals surface area contributed by atoms with Gasteiger partial charge in [0.15, 0.2) is 17.4 Å². The van der Waals surface area contributed by atoms with Crippen LogP contribution in [0, 0.1) is 13.8 Å². The molecule has 0 fully saturated rings. The minimum absolute atomic E-state index is 0.0643. The molecule has 0 saturated heterocycles. The number of hydrogen-bond donors (Lipinski definition) is 2. The molecular formula is C22H19Cl2N2OS+. The topological polar surface area (TPSA) is 36.1 Å². The highest BCUT2D eigenvalue weighted by Gasteiger charge is 2.25. The van der Waals surface area contributed by atoms with Crippen LogP contribution in [0.1, 0.15) is 16.7 Å². The molecule has 0 aliphatic carbocycles. The molecule has 142 valence electrons. The quantitative estimate of drug-likeness (QED) is 0.223. The van der Waals surface area contributed by atoms with Gasteiger partial charge < -0.3 is 10.4 Å². The molecule has 0 atom stereocenters. The molecule has 0 aliphatic heterocycles. The van der Waals surface area contributed by atoms with Gasteiger partial charge in [-0.3, -0.25) is 0 Å². The number of aromatic nitrogens is 1. The van der Waals surface area contributed by atoms with Gasteiger partial charge in [0.25, 0.3) is 5.70 Å². The van der Waals surface area contributed by atoms with E-state index in [4.69, 9.17) is 35.4 Å². The van der Waals surface area contributed by atoms with Crippen LogP contribution in [0.25, 0.3) is 11.5 Å². The molecule has 0 aliphatic rings. The maximum Gasteiger partial charge on any atom is 0.288 e. The second-order valence-electron chi connectivity index (χ2n) is 6.43. The number of benzene rings is 2.